The SMILES string of the molecule is CC(C)CC(=O)N1CCCC(c2ccc(N)cc2)C1. The predicted molar refractivity (Wildman–Crippen MR) is 78.9 cm³/mol. The monoisotopic (exact) mass is 260 g/mol. The van der Waals surface area contributed by atoms with Crippen molar-refractivity contribution in [3.05, 3.63) is 29.8 Å². The molecule has 0 saturated carbocycles. The fourth-order valence-electron chi connectivity index (χ4n) is 2.72. The predicted octanol–water partition coefficient (Wildman–Crippen LogP) is 3.02. The summed E-state index contributed by atoms with van der Waals surface area (Å²) in [6.45, 7) is 5.96. The molecule has 3 nitrogen and oxygen atoms in total. The Hall–Kier alpha value is -1.51. The van der Waals surface area contributed by atoms with Crippen molar-refractivity contribution in [2.45, 2.75) is 39.0 Å². The van der Waals surface area contributed by atoms with Gasteiger partial charge in [0.1, 0.15) is 0 Å². The lowest BCUT2D eigenvalue weighted by Crippen LogP contribution is -2.39. The molecule has 0 bridgehead atoms. The number of nitrogens with two attached hydrogens (primary N) is 1. The molecule has 1 atom stereocenters. The Labute approximate surface area is 115 Å². The van der Waals surface area contributed by atoms with Crippen molar-refractivity contribution in [3.8, 4) is 0 Å². The van der Waals surface area contributed by atoms with Crippen LogP contribution in [0, 0.1) is 5.92 Å². The lowest BCUT2D eigenvalue weighted by molar-refractivity contribution is -0.133. The molecule has 1 aromatic rings. The number of amides is 1. The molecule has 0 radical (unpaired) electrons. The van der Waals surface area contributed by atoms with E-state index in [2.05, 4.69) is 26.0 Å². The van der Waals surface area contributed by atoms with Gasteiger partial charge in [0.25, 0.3) is 0 Å². The number of nitrogen functional groups attached to an aromatic ring is 1. The average molecular weight is 260 g/mol. The van der Waals surface area contributed by atoms with Gasteiger partial charge < -0.3 is 10.6 Å². The zero-order chi connectivity index (χ0) is 13.8. The molecule has 1 saturated heterocycles. The Morgan fingerprint density at radius 1 is 1.37 bits per heavy atom. The first-order chi connectivity index (χ1) is 9.06. The fourth-order valence-corrected chi connectivity index (χ4v) is 2.72. The highest BCUT2D eigenvalue weighted by Gasteiger charge is 2.24. The van der Waals surface area contributed by atoms with E-state index in [1.54, 1.807) is 0 Å². The largest absolute Gasteiger partial charge is 0.399 e. The molecule has 0 aliphatic carbocycles. The van der Waals surface area contributed by atoms with Crippen LogP contribution in [0.4, 0.5) is 5.69 Å². The van der Waals surface area contributed by atoms with Crippen LogP contribution in [-0.2, 0) is 4.79 Å². The Morgan fingerprint density at radius 2 is 2.05 bits per heavy atom. The zero-order valence-corrected chi connectivity index (χ0v) is 11.9. The van der Waals surface area contributed by atoms with Crippen molar-refractivity contribution < 1.29 is 4.79 Å². The number of hydrogen-bond donors (Lipinski definition) is 1. The molecule has 0 spiro atoms. The number of carbonyl (C=O) groups excluding carboxylic acids is 1. The number of carbonyl (C=O) groups is 1. The van der Waals surface area contributed by atoms with Crippen molar-refractivity contribution in [1.82, 2.24) is 4.90 Å². The number of nitrogens with zero attached hydrogens (tertiary/aromatic N) is 1. The van der Waals surface area contributed by atoms with E-state index in [0.717, 1.165) is 31.6 Å². The number of anilines is 1. The van der Waals surface area contributed by atoms with Crippen molar-refractivity contribution in [3.63, 3.8) is 0 Å². The lowest BCUT2D eigenvalue weighted by Gasteiger charge is -2.33. The van der Waals surface area contributed by atoms with E-state index in [-0.39, 0.29) is 0 Å². The van der Waals surface area contributed by atoms with Crippen LogP contribution in [0.2, 0.25) is 0 Å². The number of benzene rings is 1. The topological polar surface area (TPSA) is 46.3 Å². The molecule has 1 fully saturated rings. The maximum absolute atomic E-state index is 12.1. The van der Waals surface area contributed by atoms with Crippen LogP contribution in [0.3, 0.4) is 0 Å². The van der Waals surface area contributed by atoms with Crippen LogP contribution in [0.15, 0.2) is 24.3 Å². The van der Waals surface area contributed by atoms with Gasteiger partial charge >= 0.3 is 0 Å². The van der Waals surface area contributed by atoms with Crippen LogP contribution in [-0.4, -0.2) is 23.9 Å². The minimum absolute atomic E-state index is 0.301. The van der Waals surface area contributed by atoms with E-state index in [0.29, 0.717) is 24.2 Å². The van der Waals surface area contributed by atoms with Crippen LogP contribution < -0.4 is 5.73 Å². The van der Waals surface area contributed by atoms with Gasteiger partial charge in [-0.25, -0.2) is 0 Å². The number of rotatable bonds is 3. The molecule has 1 aliphatic heterocycles. The Balaban J connectivity index is 2.00. The molecular weight excluding hydrogens is 236 g/mol. The van der Waals surface area contributed by atoms with Gasteiger partial charge in [-0.3, -0.25) is 4.79 Å². The van der Waals surface area contributed by atoms with Gasteiger partial charge in [-0.05, 0) is 36.5 Å². The molecule has 2 rings (SSSR count). The highest BCUT2D eigenvalue weighted by atomic mass is 16.2. The molecule has 104 valence electrons. The molecule has 0 aromatic heterocycles. The Bertz CT molecular complexity index is 425. The number of hydrogen-bond acceptors (Lipinski definition) is 2. The fraction of sp³-hybridized carbons (Fsp3) is 0.562. The quantitative estimate of drug-likeness (QED) is 0.849. The molecule has 1 amide bonds. The summed E-state index contributed by atoms with van der Waals surface area (Å²) in [6.07, 6.45) is 2.92. The molecule has 1 heterocycles. The molecule has 1 aliphatic rings. The summed E-state index contributed by atoms with van der Waals surface area (Å²) >= 11 is 0. The van der Waals surface area contributed by atoms with E-state index in [4.69, 9.17) is 5.73 Å². The van der Waals surface area contributed by atoms with Crippen molar-refractivity contribution in [2.24, 2.45) is 5.92 Å². The first-order valence-corrected chi connectivity index (χ1v) is 7.19. The normalized spacial score (nSPS) is 19.7. The summed E-state index contributed by atoms with van der Waals surface area (Å²) in [7, 11) is 0. The smallest absolute Gasteiger partial charge is 0.222 e. The van der Waals surface area contributed by atoms with E-state index < -0.39 is 0 Å². The lowest BCUT2D eigenvalue weighted by atomic mass is 9.90. The van der Waals surface area contributed by atoms with E-state index in [1.807, 2.05) is 17.0 Å². The van der Waals surface area contributed by atoms with E-state index in [1.165, 1.54) is 5.56 Å². The third kappa shape index (κ3) is 3.72. The average Bonchev–Trinajstić information content (AvgIpc) is 2.39. The van der Waals surface area contributed by atoms with Crippen molar-refractivity contribution in [1.29, 1.82) is 0 Å². The van der Waals surface area contributed by atoms with Crippen LogP contribution >= 0.6 is 0 Å². The summed E-state index contributed by atoms with van der Waals surface area (Å²) < 4.78 is 0. The van der Waals surface area contributed by atoms with E-state index >= 15 is 0 Å². The van der Waals surface area contributed by atoms with Crippen LogP contribution in [0.1, 0.15) is 44.6 Å². The van der Waals surface area contributed by atoms with Gasteiger partial charge in [-0.1, -0.05) is 26.0 Å². The molecule has 19 heavy (non-hydrogen) atoms. The third-order valence-electron chi connectivity index (χ3n) is 3.76. The summed E-state index contributed by atoms with van der Waals surface area (Å²) in [4.78, 5) is 14.2. The van der Waals surface area contributed by atoms with Gasteiger partial charge in [-0.2, -0.15) is 0 Å². The summed E-state index contributed by atoms with van der Waals surface area (Å²) in [5.41, 5.74) is 7.82. The van der Waals surface area contributed by atoms with Crippen molar-refractivity contribution in [2.75, 3.05) is 18.8 Å². The van der Waals surface area contributed by atoms with Gasteiger partial charge in [0.15, 0.2) is 0 Å². The minimum atomic E-state index is 0.301. The van der Waals surface area contributed by atoms with Gasteiger partial charge in [0.2, 0.25) is 5.91 Å². The highest BCUT2D eigenvalue weighted by molar-refractivity contribution is 5.76. The summed E-state index contributed by atoms with van der Waals surface area (Å²) in [5.74, 6) is 1.20. The first kappa shape index (κ1) is 13.9. The number of likely N-dealkylation sites (tertiary alicyclic amines) is 1. The van der Waals surface area contributed by atoms with Gasteiger partial charge in [0.05, 0.1) is 0 Å². The second-order valence-corrected chi connectivity index (χ2v) is 5.94. The number of piperidine rings is 1. The van der Waals surface area contributed by atoms with Gasteiger partial charge in [0, 0.05) is 31.1 Å². The zero-order valence-electron chi connectivity index (χ0n) is 11.9. The molecule has 1 unspecified atom stereocenters. The molecular formula is C16H24N2O. The Morgan fingerprint density at radius 3 is 2.68 bits per heavy atom. The summed E-state index contributed by atoms with van der Waals surface area (Å²) in [6, 6.07) is 8.08. The molecule has 2 N–H and O–H groups in total. The molecule has 1 aromatic carbocycles. The molecule has 3 heteroatoms. The first-order valence-electron chi connectivity index (χ1n) is 7.19. The maximum atomic E-state index is 12.1. The summed E-state index contributed by atoms with van der Waals surface area (Å²) in [5, 5.41) is 0. The maximum Gasteiger partial charge on any atom is 0.222 e. The minimum Gasteiger partial charge on any atom is -0.399 e. The van der Waals surface area contributed by atoms with Crippen LogP contribution in [0.5, 0.6) is 0 Å². The highest BCUT2D eigenvalue weighted by Crippen LogP contribution is 2.28. The Kier molecular flexibility index (Phi) is 4.46. The second kappa shape index (κ2) is 6.09. The van der Waals surface area contributed by atoms with Gasteiger partial charge in [-0.15, -0.1) is 0 Å². The second-order valence-electron chi connectivity index (χ2n) is 5.94. The van der Waals surface area contributed by atoms with Crippen molar-refractivity contribution >= 4 is 11.6 Å². The van der Waals surface area contributed by atoms with E-state index in [9.17, 15) is 4.79 Å². The van der Waals surface area contributed by atoms with Crippen LogP contribution in [0.25, 0.3) is 0 Å². The standard InChI is InChI=1S/C16H24N2O/c1-12(2)10-16(19)18-9-3-4-14(11-18)13-5-7-15(17)8-6-13/h5-8,12,14H,3-4,9-11,17H2,1-2H3. The third-order valence-corrected chi connectivity index (χ3v) is 3.76.